The minimum atomic E-state index is -0.842. The highest BCUT2D eigenvalue weighted by Gasteiger charge is 2.20. The molecule has 25 heavy (non-hydrogen) atoms. The number of nitro benzene ring substituents is 1. The van der Waals surface area contributed by atoms with Gasteiger partial charge in [-0.15, -0.1) is 0 Å². The van der Waals surface area contributed by atoms with Crippen LogP contribution in [0.1, 0.15) is 10.5 Å². The quantitative estimate of drug-likeness (QED) is 0.573. The summed E-state index contributed by atoms with van der Waals surface area (Å²) in [4.78, 5) is 26.1. The van der Waals surface area contributed by atoms with Gasteiger partial charge in [0.05, 0.1) is 10.6 Å². The summed E-state index contributed by atoms with van der Waals surface area (Å²) in [6.45, 7) is 0. The van der Waals surface area contributed by atoms with E-state index in [1.807, 2.05) is 0 Å². The Morgan fingerprint density at radius 2 is 1.88 bits per heavy atom. The number of anilines is 1. The monoisotopic (exact) mass is 345 g/mol. The number of nitrogens with zero attached hydrogens (tertiary/aromatic N) is 2. The SMILES string of the molecule is O=C(Nc1cc([N+](=O)[O-])ccc1F)c1ncoc1-c1ccc(F)cc1. The number of halogens is 2. The van der Waals surface area contributed by atoms with E-state index < -0.39 is 22.5 Å². The van der Waals surface area contributed by atoms with Crippen molar-refractivity contribution in [2.45, 2.75) is 0 Å². The fourth-order valence-electron chi connectivity index (χ4n) is 2.12. The molecule has 0 aliphatic heterocycles. The summed E-state index contributed by atoms with van der Waals surface area (Å²) >= 11 is 0. The Hall–Kier alpha value is -3.62. The van der Waals surface area contributed by atoms with E-state index in [0.717, 1.165) is 24.6 Å². The van der Waals surface area contributed by atoms with Gasteiger partial charge in [-0.1, -0.05) is 0 Å². The van der Waals surface area contributed by atoms with Gasteiger partial charge in [0.25, 0.3) is 11.6 Å². The molecular weight excluding hydrogens is 336 g/mol. The summed E-state index contributed by atoms with van der Waals surface area (Å²) in [5.74, 6) is -2.07. The Morgan fingerprint density at radius 1 is 1.16 bits per heavy atom. The predicted octanol–water partition coefficient (Wildman–Crippen LogP) is 3.78. The van der Waals surface area contributed by atoms with E-state index in [2.05, 4.69) is 10.3 Å². The van der Waals surface area contributed by atoms with Crippen LogP contribution in [0.25, 0.3) is 11.3 Å². The number of hydrogen-bond donors (Lipinski definition) is 1. The lowest BCUT2D eigenvalue weighted by molar-refractivity contribution is -0.384. The molecule has 1 amide bonds. The van der Waals surface area contributed by atoms with Crippen molar-refractivity contribution in [3.63, 3.8) is 0 Å². The molecule has 1 heterocycles. The topological polar surface area (TPSA) is 98.3 Å². The fourth-order valence-corrected chi connectivity index (χ4v) is 2.12. The van der Waals surface area contributed by atoms with Crippen molar-refractivity contribution in [2.75, 3.05) is 5.32 Å². The first-order valence-electron chi connectivity index (χ1n) is 6.90. The predicted molar refractivity (Wildman–Crippen MR) is 82.9 cm³/mol. The van der Waals surface area contributed by atoms with Gasteiger partial charge in [0.2, 0.25) is 0 Å². The molecule has 0 atom stereocenters. The Labute approximate surface area is 139 Å². The van der Waals surface area contributed by atoms with Crippen LogP contribution in [0.2, 0.25) is 0 Å². The molecule has 7 nitrogen and oxygen atoms in total. The van der Waals surface area contributed by atoms with E-state index in [1.165, 1.54) is 24.3 Å². The molecule has 0 spiro atoms. The molecule has 0 bridgehead atoms. The van der Waals surface area contributed by atoms with Crippen LogP contribution in [0.4, 0.5) is 20.2 Å². The summed E-state index contributed by atoms with van der Waals surface area (Å²) in [7, 11) is 0. The standard InChI is InChI=1S/C16H9F2N3O4/c17-10-3-1-9(2-4-10)15-14(19-8-25-15)16(22)20-13-7-11(21(23)24)5-6-12(13)18/h1-8H,(H,20,22). The summed E-state index contributed by atoms with van der Waals surface area (Å²) in [5.41, 5.74) is -0.524. The first-order chi connectivity index (χ1) is 12.0. The molecule has 0 saturated heterocycles. The Kier molecular flexibility index (Phi) is 4.21. The summed E-state index contributed by atoms with van der Waals surface area (Å²) in [6, 6.07) is 7.88. The fraction of sp³-hybridized carbons (Fsp3) is 0. The third kappa shape index (κ3) is 3.34. The van der Waals surface area contributed by atoms with Gasteiger partial charge in [0.1, 0.15) is 11.6 Å². The number of carbonyl (C=O) groups is 1. The van der Waals surface area contributed by atoms with Crippen molar-refractivity contribution >= 4 is 17.3 Å². The number of amides is 1. The normalized spacial score (nSPS) is 10.5. The Morgan fingerprint density at radius 3 is 2.56 bits per heavy atom. The van der Waals surface area contributed by atoms with Crippen LogP contribution < -0.4 is 5.32 Å². The maximum Gasteiger partial charge on any atom is 0.278 e. The van der Waals surface area contributed by atoms with Crippen LogP contribution in [0, 0.1) is 21.7 Å². The number of rotatable bonds is 4. The first kappa shape index (κ1) is 16.2. The van der Waals surface area contributed by atoms with Crippen molar-refractivity contribution in [1.29, 1.82) is 0 Å². The van der Waals surface area contributed by atoms with E-state index >= 15 is 0 Å². The second-order valence-corrected chi connectivity index (χ2v) is 4.91. The number of aromatic nitrogens is 1. The van der Waals surface area contributed by atoms with E-state index in [9.17, 15) is 23.7 Å². The van der Waals surface area contributed by atoms with Crippen molar-refractivity contribution in [3.05, 3.63) is 76.3 Å². The number of nitrogens with one attached hydrogen (secondary N) is 1. The van der Waals surface area contributed by atoms with Gasteiger partial charge in [-0.05, 0) is 30.3 Å². The average molecular weight is 345 g/mol. The lowest BCUT2D eigenvalue weighted by Gasteiger charge is -2.06. The van der Waals surface area contributed by atoms with Crippen molar-refractivity contribution in [2.24, 2.45) is 0 Å². The van der Waals surface area contributed by atoms with Crippen LogP contribution in [0.15, 0.2) is 53.3 Å². The molecule has 126 valence electrons. The van der Waals surface area contributed by atoms with E-state index in [1.54, 1.807) is 0 Å². The van der Waals surface area contributed by atoms with Gasteiger partial charge < -0.3 is 9.73 Å². The number of carbonyl (C=O) groups excluding carboxylic acids is 1. The minimum Gasteiger partial charge on any atom is -0.443 e. The summed E-state index contributed by atoms with van der Waals surface area (Å²) in [5, 5.41) is 13.0. The number of oxazole rings is 1. The molecule has 2 aromatic carbocycles. The van der Waals surface area contributed by atoms with Crippen molar-refractivity contribution in [3.8, 4) is 11.3 Å². The van der Waals surface area contributed by atoms with Gasteiger partial charge in [0.15, 0.2) is 17.8 Å². The van der Waals surface area contributed by atoms with Crippen LogP contribution in [0.3, 0.4) is 0 Å². The molecule has 1 aromatic heterocycles. The third-order valence-corrected chi connectivity index (χ3v) is 3.30. The lowest BCUT2D eigenvalue weighted by Crippen LogP contribution is -2.14. The highest BCUT2D eigenvalue weighted by atomic mass is 19.1. The average Bonchev–Trinajstić information content (AvgIpc) is 3.07. The van der Waals surface area contributed by atoms with Gasteiger partial charge >= 0.3 is 0 Å². The van der Waals surface area contributed by atoms with Crippen LogP contribution in [-0.2, 0) is 0 Å². The van der Waals surface area contributed by atoms with Crippen LogP contribution >= 0.6 is 0 Å². The molecule has 0 aliphatic rings. The maximum absolute atomic E-state index is 13.8. The molecule has 0 radical (unpaired) electrons. The summed E-state index contributed by atoms with van der Waals surface area (Å²) < 4.78 is 31.9. The molecule has 3 rings (SSSR count). The second-order valence-electron chi connectivity index (χ2n) is 4.91. The smallest absolute Gasteiger partial charge is 0.278 e. The van der Waals surface area contributed by atoms with Crippen molar-refractivity contribution in [1.82, 2.24) is 4.98 Å². The van der Waals surface area contributed by atoms with Gasteiger partial charge in [-0.2, -0.15) is 0 Å². The number of benzene rings is 2. The molecule has 0 aliphatic carbocycles. The highest BCUT2D eigenvalue weighted by Crippen LogP contribution is 2.26. The van der Waals surface area contributed by atoms with Crippen molar-refractivity contribution < 1.29 is 22.9 Å². The Bertz CT molecular complexity index is 954. The maximum atomic E-state index is 13.8. The zero-order valence-corrected chi connectivity index (χ0v) is 12.4. The molecule has 9 heteroatoms. The minimum absolute atomic E-state index is 0.0586. The van der Waals surface area contributed by atoms with E-state index in [-0.39, 0.29) is 22.8 Å². The molecule has 1 N–H and O–H groups in total. The van der Waals surface area contributed by atoms with Gasteiger partial charge in [-0.3, -0.25) is 14.9 Å². The third-order valence-electron chi connectivity index (χ3n) is 3.30. The number of nitro groups is 1. The van der Waals surface area contributed by atoms with Crippen LogP contribution in [0.5, 0.6) is 0 Å². The molecule has 0 saturated carbocycles. The highest BCUT2D eigenvalue weighted by molar-refractivity contribution is 6.06. The van der Waals surface area contributed by atoms with Crippen LogP contribution in [-0.4, -0.2) is 15.8 Å². The molecule has 0 fully saturated rings. The number of non-ortho nitro benzene ring substituents is 1. The first-order valence-corrected chi connectivity index (χ1v) is 6.90. The lowest BCUT2D eigenvalue weighted by atomic mass is 10.1. The largest absolute Gasteiger partial charge is 0.443 e. The zero-order valence-electron chi connectivity index (χ0n) is 12.4. The van der Waals surface area contributed by atoms with E-state index in [4.69, 9.17) is 4.42 Å². The zero-order chi connectivity index (χ0) is 18.0. The molecule has 3 aromatic rings. The van der Waals surface area contributed by atoms with Gasteiger partial charge in [-0.25, -0.2) is 13.8 Å². The molecular formula is C16H9F2N3O4. The molecule has 0 unspecified atom stereocenters. The van der Waals surface area contributed by atoms with E-state index in [0.29, 0.717) is 5.56 Å². The van der Waals surface area contributed by atoms with Gasteiger partial charge in [0, 0.05) is 17.7 Å². The second kappa shape index (κ2) is 6.48. The summed E-state index contributed by atoms with van der Waals surface area (Å²) in [6.07, 6.45) is 1.01. The Balaban J connectivity index is 1.91. The number of hydrogen-bond acceptors (Lipinski definition) is 5.